The van der Waals surface area contributed by atoms with Crippen molar-refractivity contribution in [3.8, 4) is 0 Å². The van der Waals surface area contributed by atoms with Gasteiger partial charge in [0.2, 0.25) is 5.91 Å². The van der Waals surface area contributed by atoms with Crippen LogP contribution in [0.15, 0.2) is 30.3 Å². The number of urea groups is 1. The Morgan fingerprint density at radius 2 is 1.68 bits per heavy atom. The fraction of sp³-hybridized carbons (Fsp3) is 0.619. The molecule has 3 amide bonds. The average molecular weight is 387 g/mol. The molecule has 0 radical (unpaired) electrons. The molecule has 0 aromatic heterocycles. The molecule has 28 heavy (non-hydrogen) atoms. The molecule has 1 aromatic carbocycles. The highest BCUT2D eigenvalue weighted by Gasteiger charge is 2.52. The van der Waals surface area contributed by atoms with Gasteiger partial charge in [-0.25, -0.2) is 4.79 Å². The van der Waals surface area contributed by atoms with Crippen LogP contribution in [0.5, 0.6) is 0 Å². The second-order valence-corrected chi connectivity index (χ2v) is 7.99. The number of ether oxygens (including phenoxy) is 2. The van der Waals surface area contributed by atoms with E-state index in [1.165, 1.54) is 0 Å². The lowest BCUT2D eigenvalue weighted by Crippen LogP contribution is -2.49. The predicted molar refractivity (Wildman–Crippen MR) is 104 cm³/mol. The van der Waals surface area contributed by atoms with Gasteiger partial charge in [-0.3, -0.25) is 4.79 Å². The van der Waals surface area contributed by atoms with Crippen molar-refractivity contribution in [2.75, 3.05) is 52.6 Å². The minimum absolute atomic E-state index is 0.0907. The fourth-order valence-corrected chi connectivity index (χ4v) is 4.64. The van der Waals surface area contributed by atoms with Gasteiger partial charge in [-0.1, -0.05) is 30.3 Å². The lowest BCUT2D eigenvalue weighted by Gasteiger charge is -2.39. The molecule has 0 bridgehead atoms. The zero-order chi connectivity index (χ0) is 19.4. The van der Waals surface area contributed by atoms with Crippen molar-refractivity contribution in [1.29, 1.82) is 0 Å². The van der Waals surface area contributed by atoms with Gasteiger partial charge in [0.15, 0.2) is 0 Å². The van der Waals surface area contributed by atoms with Crippen molar-refractivity contribution in [2.45, 2.75) is 19.4 Å². The summed E-state index contributed by atoms with van der Waals surface area (Å²) in [5.41, 5.74) is 0.898. The van der Waals surface area contributed by atoms with Gasteiger partial charge in [0.1, 0.15) is 0 Å². The van der Waals surface area contributed by atoms with Crippen LogP contribution in [0, 0.1) is 11.3 Å². The summed E-state index contributed by atoms with van der Waals surface area (Å²) in [6.07, 6.45) is 1.66. The lowest BCUT2D eigenvalue weighted by molar-refractivity contribution is -0.144. The summed E-state index contributed by atoms with van der Waals surface area (Å²) < 4.78 is 11.0. The van der Waals surface area contributed by atoms with Crippen LogP contribution < -0.4 is 5.32 Å². The van der Waals surface area contributed by atoms with Gasteiger partial charge in [-0.15, -0.1) is 0 Å². The highest BCUT2D eigenvalue weighted by molar-refractivity contribution is 5.83. The zero-order valence-electron chi connectivity index (χ0n) is 16.3. The molecule has 1 spiro atoms. The third-order valence-corrected chi connectivity index (χ3v) is 6.33. The number of hydrogen-bond acceptors (Lipinski definition) is 4. The Morgan fingerprint density at radius 1 is 1.00 bits per heavy atom. The van der Waals surface area contributed by atoms with E-state index < -0.39 is 0 Å². The van der Waals surface area contributed by atoms with Crippen LogP contribution in [0.2, 0.25) is 0 Å². The van der Waals surface area contributed by atoms with E-state index >= 15 is 0 Å². The highest BCUT2D eigenvalue weighted by atomic mass is 16.5. The molecule has 3 aliphatic rings. The number of hydrogen-bond donors (Lipinski definition) is 1. The molecule has 4 rings (SSSR count). The molecule has 7 nitrogen and oxygen atoms in total. The molecule has 0 aliphatic carbocycles. The second kappa shape index (κ2) is 8.49. The molecule has 1 N–H and O–H groups in total. The predicted octanol–water partition coefficient (Wildman–Crippen LogP) is 1.48. The molecule has 0 saturated carbocycles. The molecule has 152 valence electrons. The van der Waals surface area contributed by atoms with E-state index in [9.17, 15) is 9.59 Å². The summed E-state index contributed by atoms with van der Waals surface area (Å²) in [6.45, 7) is 5.39. The Labute approximate surface area is 166 Å². The first-order valence-corrected chi connectivity index (χ1v) is 10.2. The molecule has 0 unspecified atom stereocenters. The van der Waals surface area contributed by atoms with Gasteiger partial charge >= 0.3 is 6.03 Å². The number of rotatable bonds is 3. The number of amides is 3. The van der Waals surface area contributed by atoms with Crippen molar-refractivity contribution >= 4 is 11.9 Å². The molecule has 3 heterocycles. The quantitative estimate of drug-likeness (QED) is 0.853. The van der Waals surface area contributed by atoms with Crippen LogP contribution >= 0.6 is 0 Å². The van der Waals surface area contributed by atoms with Crippen molar-refractivity contribution < 1.29 is 19.1 Å². The molecule has 3 fully saturated rings. The van der Waals surface area contributed by atoms with E-state index in [0.29, 0.717) is 59.2 Å². The Hall–Kier alpha value is -2.12. The number of morpholine rings is 1. The second-order valence-electron chi connectivity index (χ2n) is 7.99. The first kappa shape index (κ1) is 19.2. The summed E-state index contributed by atoms with van der Waals surface area (Å²) in [5, 5.41) is 3.01. The maximum atomic E-state index is 13.3. The Kier molecular flexibility index (Phi) is 5.82. The number of carbonyl (C=O) groups excluding carboxylic acids is 2. The van der Waals surface area contributed by atoms with Gasteiger partial charge in [-0.2, -0.15) is 0 Å². The van der Waals surface area contributed by atoms with E-state index in [4.69, 9.17) is 9.47 Å². The third kappa shape index (κ3) is 4.00. The summed E-state index contributed by atoms with van der Waals surface area (Å²) in [5.74, 6) is 0.0144. The summed E-state index contributed by atoms with van der Waals surface area (Å²) >= 11 is 0. The van der Waals surface area contributed by atoms with E-state index in [1.54, 1.807) is 0 Å². The van der Waals surface area contributed by atoms with Crippen LogP contribution in [0.1, 0.15) is 18.4 Å². The normalized spacial score (nSPS) is 24.4. The van der Waals surface area contributed by atoms with Crippen LogP contribution in [-0.4, -0.2) is 74.3 Å². The Bertz CT molecular complexity index is 684. The first-order valence-electron chi connectivity index (χ1n) is 10.2. The monoisotopic (exact) mass is 387 g/mol. The standard InChI is InChI=1S/C21H29N3O4/c25-19(23-8-12-28-13-9-23)18-15-24(16-21(18)6-10-27-11-7-21)20(26)22-14-17-4-2-1-3-5-17/h1-5,18H,6-16H2,(H,22,26)/t18-/m0/s1. The maximum Gasteiger partial charge on any atom is 0.317 e. The van der Waals surface area contributed by atoms with Crippen molar-refractivity contribution in [2.24, 2.45) is 11.3 Å². The molecule has 1 aromatic rings. The third-order valence-electron chi connectivity index (χ3n) is 6.33. The van der Waals surface area contributed by atoms with Gasteiger partial charge in [0, 0.05) is 51.4 Å². The van der Waals surface area contributed by atoms with Crippen LogP contribution in [0.4, 0.5) is 4.79 Å². The maximum absolute atomic E-state index is 13.3. The van der Waals surface area contributed by atoms with Gasteiger partial charge in [0.25, 0.3) is 0 Å². The van der Waals surface area contributed by atoms with Crippen molar-refractivity contribution in [3.63, 3.8) is 0 Å². The minimum Gasteiger partial charge on any atom is -0.381 e. The van der Waals surface area contributed by atoms with E-state index in [1.807, 2.05) is 40.1 Å². The smallest absolute Gasteiger partial charge is 0.317 e. The van der Waals surface area contributed by atoms with Gasteiger partial charge in [-0.05, 0) is 18.4 Å². The van der Waals surface area contributed by atoms with E-state index in [2.05, 4.69) is 5.32 Å². The number of carbonyl (C=O) groups is 2. The highest BCUT2D eigenvalue weighted by Crippen LogP contribution is 2.45. The molecule has 3 aliphatic heterocycles. The van der Waals surface area contributed by atoms with Gasteiger partial charge in [0.05, 0.1) is 19.1 Å². The number of nitrogens with zero attached hydrogens (tertiary/aromatic N) is 2. The molecular formula is C21H29N3O4. The largest absolute Gasteiger partial charge is 0.381 e. The summed E-state index contributed by atoms with van der Waals surface area (Å²) in [7, 11) is 0. The van der Waals surface area contributed by atoms with E-state index in [-0.39, 0.29) is 23.3 Å². The molecule has 3 saturated heterocycles. The molecular weight excluding hydrogens is 358 g/mol. The molecule has 1 atom stereocenters. The Balaban J connectivity index is 1.44. The average Bonchev–Trinajstić information content (AvgIpc) is 3.12. The Morgan fingerprint density at radius 3 is 2.39 bits per heavy atom. The minimum atomic E-state index is -0.169. The number of likely N-dealkylation sites (tertiary alicyclic amines) is 1. The fourth-order valence-electron chi connectivity index (χ4n) is 4.64. The van der Waals surface area contributed by atoms with Crippen molar-refractivity contribution in [3.05, 3.63) is 35.9 Å². The lowest BCUT2D eigenvalue weighted by atomic mass is 9.71. The van der Waals surface area contributed by atoms with Crippen LogP contribution in [0.3, 0.4) is 0 Å². The van der Waals surface area contributed by atoms with Crippen molar-refractivity contribution in [1.82, 2.24) is 15.1 Å². The van der Waals surface area contributed by atoms with Gasteiger partial charge < -0.3 is 24.6 Å². The van der Waals surface area contributed by atoms with Crippen LogP contribution in [-0.2, 0) is 20.8 Å². The topological polar surface area (TPSA) is 71.1 Å². The van der Waals surface area contributed by atoms with E-state index in [0.717, 1.165) is 18.4 Å². The number of benzene rings is 1. The zero-order valence-corrected chi connectivity index (χ0v) is 16.3. The number of nitrogens with one attached hydrogen (secondary N) is 1. The van der Waals surface area contributed by atoms with Crippen LogP contribution in [0.25, 0.3) is 0 Å². The molecule has 7 heteroatoms. The SMILES string of the molecule is O=C(NCc1ccccc1)N1C[C@@H](C(=O)N2CCOCC2)C2(CCOCC2)C1. The summed E-state index contributed by atoms with van der Waals surface area (Å²) in [4.78, 5) is 29.9. The first-order chi connectivity index (χ1) is 13.7. The summed E-state index contributed by atoms with van der Waals surface area (Å²) in [6, 6.07) is 9.79.